The molecule has 55 valence electrons. The average Bonchev–Trinajstić information content (AvgIpc) is 2.34. The van der Waals surface area contributed by atoms with Crippen LogP contribution in [0.2, 0.25) is 0 Å². The maximum Gasteiger partial charge on any atom is 0.140 e. The van der Waals surface area contributed by atoms with Crippen LogP contribution in [0, 0.1) is 20.0 Å². The Labute approximate surface area is 65.5 Å². The number of aromatic nitrogens is 2. The molecule has 1 radical (unpaired) electrons. The first-order valence-corrected chi connectivity index (χ1v) is 3.59. The van der Waals surface area contributed by atoms with E-state index in [9.17, 15) is 0 Å². The second-order valence-electron chi connectivity index (χ2n) is 2.78. The fourth-order valence-corrected chi connectivity index (χ4v) is 1.31. The standard InChI is InChI=1S/C9H9N2/c1-7-5-8(2)9-10-3-4-11(9)6-7/h3,5-6H,1-2H3. The van der Waals surface area contributed by atoms with Crippen LogP contribution in [0.4, 0.5) is 0 Å². The SMILES string of the molecule is Cc1cc(C)c2nc[c]n2c1. The monoisotopic (exact) mass is 145 g/mol. The largest absolute Gasteiger partial charge is 0.298 e. The number of hydrogen-bond acceptors (Lipinski definition) is 1. The Morgan fingerprint density at radius 3 is 3.09 bits per heavy atom. The molecule has 0 aromatic carbocycles. The van der Waals surface area contributed by atoms with Gasteiger partial charge in [-0.2, -0.15) is 0 Å². The Morgan fingerprint density at radius 2 is 2.27 bits per heavy atom. The summed E-state index contributed by atoms with van der Waals surface area (Å²) in [7, 11) is 0. The normalized spacial score (nSPS) is 10.7. The van der Waals surface area contributed by atoms with Crippen LogP contribution in [0.15, 0.2) is 18.5 Å². The van der Waals surface area contributed by atoms with E-state index in [1.54, 1.807) is 6.20 Å². The van der Waals surface area contributed by atoms with Crippen molar-refractivity contribution < 1.29 is 0 Å². The van der Waals surface area contributed by atoms with Gasteiger partial charge in [-0.1, -0.05) is 6.07 Å². The van der Waals surface area contributed by atoms with Crippen molar-refractivity contribution in [1.82, 2.24) is 9.38 Å². The highest BCUT2D eigenvalue weighted by molar-refractivity contribution is 5.47. The smallest absolute Gasteiger partial charge is 0.140 e. The summed E-state index contributed by atoms with van der Waals surface area (Å²) >= 11 is 0. The first kappa shape index (κ1) is 6.40. The number of fused-ring (bicyclic) bond motifs is 1. The van der Waals surface area contributed by atoms with Crippen LogP contribution in [0.1, 0.15) is 11.1 Å². The Morgan fingerprint density at radius 1 is 1.45 bits per heavy atom. The Hall–Kier alpha value is -1.31. The summed E-state index contributed by atoms with van der Waals surface area (Å²) in [5.74, 6) is 0. The zero-order chi connectivity index (χ0) is 7.84. The highest BCUT2D eigenvalue weighted by Gasteiger charge is 1.97. The molecular formula is C9H9N2. The van der Waals surface area contributed by atoms with Gasteiger partial charge in [0, 0.05) is 6.20 Å². The van der Waals surface area contributed by atoms with Gasteiger partial charge in [0.25, 0.3) is 0 Å². The molecule has 0 saturated heterocycles. The van der Waals surface area contributed by atoms with E-state index < -0.39 is 0 Å². The summed E-state index contributed by atoms with van der Waals surface area (Å²) in [6, 6.07) is 2.12. The molecule has 0 fully saturated rings. The van der Waals surface area contributed by atoms with E-state index in [2.05, 4.69) is 31.1 Å². The molecule has 0 spiro atoms. The maximum absolute atomic E-state index is 4.17. The fraction of sp³-hybridized carbons (Fsp3) is 0.222. The molecule has 2 nitrogen and oxygen atoms in total. The predicted molar refractivity (Wildman–Crippen MR) is 43.5 cm³/mol. The molecule has 11 heavy (non-hydrogen) atoms. The third kappa shape index (κ3) is 0.909. The summed E-state index contributed by atoms with van der Waals surface area (Å²) in [4.78, 5) is 4.17. The second kappa shape index (κ2) is 2.09. The molecule has 0 bridgehead atoms. The minimum absolute atomic E-state index is 0.996. The zero-order valence-corrected chi connectivity index (χ0v) is 6.63. The van der Waals surface area contributed by atoms with Gasteiger partial charge in [-0.3, -0.25) is 4.40 Å². The van der Waals surface area contributed by atoms with Crippen LogP contribution >= 0.6 is 0 Å². The third-order valence-electron chi connectivity index (χ3n) is 1.74. The van der Waals surface area contributed by atoms with Gasteiger partial charge in [0.15, 0.2) is 0 Å². The molecule has 2 heterocycles. The molecule has 0 aliphatic carbocycles. The summed E-state index contributed by atoms with van der Waals surface area (Å²) in [5, 5.41) is 0. The van der Waals surface area contributed by atoms with E-state index in [-0.39, 0.29) is 0 Å². The van der Waals surface area contributed by atoms with E-state index in [0.29, 0.717) is 0 Å². The van der Waals surface area contributed by atoms with E-state index >= 15 is 0 Å². The minimum Gasteiger partial charge on any atom is -0.298 e. The van der Waals surface area contributed by atoms with Crippen molar-refractivity contribution in [2.24, 2.45) is 0 Å². The number of imidazole rings is 1. The Bertz CT molecular complexity index is 387. The second-order valence-corrected chi connectivity index (χ2v) is 2.78. The van der Waals surface area contributed by atoms with Gasteiger partial charge in [-0.25, -0.2) is 4.98 Å². The Kier molecular flexibility index (Phi) is 1.22. The molecule has 2 aromatic heterocycles. The molecule has 2 heteroatoms. The van der Waals surface area contributed by atoms with Crippen LogP contribution in [0.5, 0.6) is 0 Å². The van der Waals surface area contributed by atoms with Crippen LogP contribution in [-0.4, -0.2) is 9.38 Å². The van der Waals surface area contributed by atoms with E-state index in [1.807, 2.05) is 10.6 Å². The first-order valence-electron chi connectivity index (χ1n) is 3.59. The Balaban J connectivity index is 2.91. The topological polar surface area (TPSA) is 17.3 Å². The molecule has 0 aliphatic rings. The average molecular weight is 145 g/mol. The van der Waals surface area contributed by atoms with Crippen molar-refractivity contribution in [3.63, 3.8) is 0 Å². The van der Waals surface area contributed by atoms with E-state index in [1.165, 1.54) is 11.1 Å². The number of aryl methyl sites for hydroxylation is 2. The molecule has 2 aromatic rings. The van der Waals surface area contributed by atoms with Gasteiger partial charge in [0.2, 0.25) is 0 Å². The number of pyridine rings is 1. The quantitative estimate of drug-likeness (QED) is 0.552. The molecule has 0 aliphatic heterocycles. The highest BCUT2D eigenvalue weighted by Crippen LogP contribution is 2.08. The van der Waals surface area contributed by atoms with Gasteiger partial charge >= 0.3 is 0 Å². The lowest BCUT2D eigenvalue weighted by Gasteiger charge is -1.98. The summed E-state index contributed by atoms with van der Waals surface area (Å²) in [5.41, 5.74) is 3.44. The van der Waals surface area contributed by atoms with Crippen molar-refractivity contribution >= 4 is 5.65 Å². The van der Waals surface area contributed by atoms with Crippen LogP contribution in [-0.2, 0) is 0 Å². The van der Waals surface area contributed by atoms with E-state index in [4.69, 9.17) is 0 Å². The maximum atomic E-state index is 4.17. The van der Waals surface area contributed by atoms with Crippen molar-refractivity contribution in [3.05, 3.63) is 35.8 Å². The first-order chi connectivity index (χ1) is 5.27. The number of nitrogens with zero attached hydrogens (tertiary/aromatic N) is 2. The third-order valence-corrected chi connectivity index (χ3v) is 1.74. The minimum atomic E-state index is 0.996. The number of hydrogen-bond donors (Lipinski definition) is 0. The fourth-order valence-electron chi connectivity index (χ4n) is 1.31. The van der Waals surface area contributed by atoms with Crippen LogP contribution in [0.25, 0.3) is 5.65 Å². The zero-order valence-electron chi connectivity index (χ0n) is 6.63. The number of rotatable bonds is 0. The van der Waals surface area contributed by atoms with Crippen molar-refractivity contribution in [1.29, 1.82) is 0 Å². The van der Waals surface area contributed by atoms with Crippen molar-refractivity contribution in [3.8, 4) is 0 Å². The molecule has 0 saturated carbocycles. The lowest BCUT2D eigenvalue weighted by molar-refractivity contribution is 1.13. The summed E-state index contributed by atoms with van der Waals surface area (Å²) in [6.45, 7) is 4.13. The predicted octanol–water partition coefficient (Wildman–Crippen LogP) is 1.75. The molecule has 0 N–H and O–H groups in total. The lowest BCUT2D eigenvalue weighted by atomic mass is 10.2. The van der Waals surface area contributed by atoms with Crippen LogP contribution < -0.4 is 0 Å². The van der Waals surface area contributed by atoms with Gasteiger partial charge < -0.3 is 0 Å². The van der Waals surface area contributed by atoms with Crippen molar-refractivity contribution in [2.45, 2.75) is 13.8 Å². The van der Waals surface area contributed by atoms with Crippen LogP contribution in [0.3, 0.4) is 0 Å². The summed E-state index contributed by atoms with van der Waals surface area (Å²) in [6.07, 6.45) is 6.73. The van der Waals surface area contributed by atoms with Gasteiger partial charge in [-0.05, 0) is 25.0 Å². The lowest BCUT2D eigenvalue weighted by Crippen LogP contribution is -1.88. The van der Waals surface area contributed by atoms with Crippen molar-refractivity contribution in [2.75, 3.05) is 0 Å². The summed E-state index contributed by atoms with van der Waals surface area (Å²) < 4.78 is 1.92. The molecular weight excluding hydrogens is 136 g/mol. The van der Waals surface area contributed by atoms with Gasteiger partial charge in [-0.15, -0.1) is 0 Å². The van der Waals surface area contributed by atoms with E-state index in [0.717, 1.165) is 5.65 Å². The molecule has 0 unspecified atom stereocenters. The highest BCUT2D eigenvalue weighted by atomic mass is 15.0. The molecule has 2 rings (SSSR count). The van der Waals surface area contributed by atoms with Gasteiger partial charge in [0.1, 0.15) is 5.65 Å². The molecule has 0 atom stereocenters. The molecule has 0 amide bonds. The van der Waals surface area contributed by atoms with Gasteiger partial charge in [0.05, 0.1) is 12.4 Å².